The number of carboxylic acids is 1. The molecule has 1 rings (SSSR count). The molecule has 0 saturated carbocycles. The van der Waals surface area contributed by atoms with Crippen LogP contribution in [0.4, 0.5) is 0 Å². The van der Waals surface area contributed by atoms with E-state index in [2.05, 4.69) is 33.9 Å². The summed E-state index contributed by atoms with van der Waals surface area (Å²) in [7, 11) is -0.621. The molecule has 0 spiro atoms. The zero-order valence-electron chi connectivity index (χ0n) is 12.4. The van der Waals surface area contributed by atoms with Crippen LogP contribution >= 0.6 is 0 Å². The topological polar surface area (TPSA) is 55.8 Å². The van der Waals surface area contributed by atoms with Gasteiger partial charge in [0.05, 0.1) is 7.11 Å². The molecule has 4 nitrogen and oxygen atoms in total. The highest BCUT2D eigenvalue weighted by molar-refractivity contribution is 6.74. The summed E-state index contributed by atoms with van der Waals surface area (Å²) in [6, 6.07) is 5.06. The number of carboxylic acid groups (broad SMARTS) is 1. The summed E-state index contributed by atoms with van der Waals surface area (Å²) in [5.41, 5.74) is 0.0924. The van der Waals surface area contributed by atoms with Gasteiger partial charge in [-0.1, -0.05) is 26.8 Å². The number of rotatable bonds is 4. The summed E-state index contributed by atoms with van der Waals surface area (Å²) < 4.78 is 11.2. The van der Waals surface area contributed by atoms with Crippen LogP contribution in [0.3, 0.4) is 0 Å². The van der Waals surface area contributed by atoms with Crippen LogP contribution in [-0.4, -0.2) is 26.5 Å². The van der Waals surface area contributed by atoms with Crippen molar-refractivity contribution in [1.29, 1.82) is 0 Å². The van der Waals surface area contributed by atoms with Gasteiger partial charge in [-0.2, -0.15) is 0 Å². The van der Waals surface area contributed by atoms with E-state index in [4.69, 9.17) is 9.16 Å². The second-order valence-corrected chi connectivity index (χ2v) is 10.7. The SMILES string of the molecule is COc1cccc(O[Si](C)(C)C(C)(C)C)c1C(=O)O. The number of methoxy groups -OCH3 is 1. The molecular weight excluding hydrogens is 260 g/mol. The Kier molecular flexibility index (Phi) is 4.30. The lowest BCUT2D eigenvalue weighted by atomic mass is 10.2. The highest BCUT2D eigenvalue weighted by Crippen LogP contribution is 2.39. The Hall–Kier alpha value is -1.49. The predicted molar refractivity (Wildman–Crippen MR) is 77.8 cm³/mol. The molecule has 0 heterocycles. The fraction of sp³-hybridized carbons (Fsp3) is 0.500. The molecule has 0 radical (unpaired) electrons. The maximum absolute atomic E-state index is 11.4. The molecule has 5 heteroatoms. The Bertz CT molecular complexity index is 475. The first-order valence-corrected chi connectivity index (χ1v) is 9.10. The minimum absolute atomic E-state index is 0.00580. The van der Waals surface area contributed by atoms with Gasteiger partial charge in [-0.25, -0.2) is 4.79 Å². The number of hydrogen-bond acceptors (Lipinski definition) is 3. The van der Waals surface area contributed by atoms with Crippen LogP contribution in [0.5, 0.6) is 11.5 Å². The summed E-state index contributed by atoms with van der Waals surface area (Å²) in [5, 5.41) is 9.34. The van der Waals surface area contributed by atoms with Gasteiger partial charge < -0.3 is 14.3 Å². The molecule has 0 aliphatic heterocycles. The van der Waals surface area contributed by atoms with Gasteiger partial charge in [-0.3, -0.25) is 0 Å². The predicted octanol–water partition coefficient (Wildman–Crippen LogP) is 3.78. The van der Waals surface area contributed by atoms with Crippen molar-refractivity contribution in [2.45, 2.75) is 38.9 Å². The van der Waals surface area contributed by atoms with Gasteiger partial charge in [-0.05, 0) is 30.3 Å². The van der Waals surface area contributed by atoms with E-state index in [9.17, 15) is 9.90 Å². The first-order chi connectivity index (χ1) is 8.60. The van der Waals surface area contributed by atoms with Gasteiger partial charge in [0.1, 0.15) is 17.1 Å². The smallest absolute Gasteiger partial charge is 0.343 e. The van der Waals surface area contributed by atoms with E-state index in [1.165, 1.54) is 7.11 Å². The Morgan fingerprint density at radius 3 is 2.16 bits per heavy atom. The lowest BCUT2D eigenvalue weighted by Gasteiger charge is -2.36. The molecular formula is C14H22O4Si. The summed E-state index contributed by atoms with van der Waals surface area (Å²) in [6.07, 6.45) is 0. The van der Waals surface area contributed by atoms with Gasteiger partial charge in [0, 0.05) is 0 Å². The molecule has 0 atom stereocenters. The first kappa shape index (κ1) is 15.6. The van der Waals surface area contributed by atoms with Crippen LogP contribution in [0.15, 0.2) is 18.2 Å². The number of carbonyl (C=O) groups is 1. The van der Waals surface area contributed by atoms with E-state index in [0.29, 0.717) is 11.5 Å². The van der Waals surface area contributed by atoms with E-state index in [0.717, 1.165) is 0 Å². The minimum Gasteiger partial charge on any atom is -0.543 e. The van der Waals surface area contributed by atoms with Crippen molar-refractivity contribution >= 4 is 14.3 Å². The highest BCUT2D eigenvalue weighted by atomic mass is 28.4. The van der Waals surface area contributed by atoms with Crippen LogP contribution in [0, 0.1) is 0 Å². The molecule has 106 valence electrons. The summed E-state index contributed by atoms with van der Waals surface area (Å²) >= 11 is 0. The molecule has 0 aliphatic carbocycles. The van der Waals surface area contributed by atoms with Crippen LogP contribution < -0.4 is 9.16 Å². The van der Waals surface area contributed by atoms with Gasteiger partial charge in [0.25, 0.3) is 8.32 Å². The average molecular weight is 282 g/mol. The number of hydrogen-bond donors (Lipinski definition) is 1. The molecule has 0 unspecified atom stereocenters. The highest BCUT2D eigenvalue weighted by Gasteiger charge is 2.40. The van der Waals surface area contributed by atoms with E-state index in [1.807, 2.05) is 0 Å². The zero-order chi connectivity index (χ0) is 14.8. The van der Waals surface area contributed by atoms with Crippen molar-refractivity contribution in [3.05, 3.63) is 23.8 Å². The molecule has 0 aliphatic rings. The molecule has 0 fully saturated rings. The van der Waals surface area contributed by atoms with Gasteiger partial charge in [-0.15, -0.1) is 0 Å². The quantitative estimate of drug-likeness (QED) is 0.854. The van der Waals surface area contributed by atoms with Crippen molar-refractivity contribution in [3.8, 4) is 11.5 Å². The Morgan fingerprint density at radius 2 is 1.74 bits per heavy atom. The molecule has 0 bridgehead atoms. The standard InChI is InChI=1S/C14H22O4Si/c1-14(2,3)19(5,6)18-11-9-7-8-10(17-4)12(11)13(15)16/h7-9H,1-6H3,(H,15,16). The Balaban J connectivity index is 3.26. The van der Waals surface area contributed by atoms with Crippen molar-refractivity contribution in [3.63, 3.8) is 0 Å². The molecule has 0 saturated heterocycles. The molecule has 19 heavy (non-hydrogen) atoms. The lowest BCUT2D eigenvalue weighted by Crippen LogP contribution is -2.44. The number of benzene rings is 1. The monoisotopic (exact) mass is 282 g/mol. The third-order valence-corrected chi connectivity index (χ3v) is 7.94. The average Bonchev–Trinajstić information content (AvgIpc) is 2.26. The summed E-state index contributed by atoms with van der Waals surface area (Å²) in [5.74, 6) is -0.326. The van der Waals surface area contributed by atoms with E-state index in [-0.39, 0.29) is 10.6 Å². The van der Waals surface area contributed by atoms with Gasteiger partial charge in [0.15, 0.2) is 0 Å². The van der Waals surface area contributed by atoms with Gasteiger partial charge >= 0.3 is 5.97 Å². The third-order valence-electron chi connectivity index (χ3n) is 3.59. The van der Waals surface area contributed by atoms with Crippen LogP contribution in [0.1, 0.15) is 31.1 Å². The van der Waals surface area contributed by atoms with Gasteiger partial charge in [0.2, 0.25) is 0 Å². The van der Waals surface area contributed by atoms with Crippen molar-refractivity contribution in [1.82, 2.24) is 0 Å². The number of ether oxygens (including phenoxy) is 1. The second kappa shape index (κ2) is 5.25. The third kappa shape index (κ3) is 3.29. The van der Waals surface area contributed by atoms with Crippen LogP contribution in [0.2, 0.25) is 18.1 Å². The normalized spacial score (nSPS) is 12.1. The Labute approximate surface area is 115 Å². The largest absolute Gasteiger partial charge is 0.543 e. The van der Waals surface area contributed by atoms with E-state index in [1.54, 1.807) is 18.2 Å². The fourth-order valence-electron chi connectivity index (χ4n) is 1.40. The first-order valence-electron chi connectivity index (χ1n) is 6.19. The van der Waals surface area contributed by atoms with Crippen molar-refractivity contribution in [2.24, 2.45) is 0 Å². The fourth-order valence-corrected chi connectivity index (χ4v) is 2.43. The zero-order valence-corrected chi connectivity index (χ0v) is 13.4. The molecule has 1 aromatic rings. The van der Waals surface area contributed by atoms with Crippen LogP contribution in [0.25, 0.3) is 0 Å². The summed E-state index contributed by atoms with van der Waals surface area (Å²) in [6.45, 7) is 10.5. The maximum atomic E-state index is 11.4. The molecule has 1 N–H and O–H groups in total. The van der Waals surface area contributed by atoms with E-state index >= 15 is 0 Å². The second-order valence-electron chi connectivity index (χ2n) is 6.00. The van der Waals surface area contributed by atoms with Crippen molar-refractivity contribution < 1.29 is 19.1 Å². The number of aromatic carboxylic acids is 1. The summed E-state index contributed by atoms with van der Waals surface area (Å²) in [4.78, 5) is 11.4. The molecule has 1 aromatic carbocycles. The maximum Gasteiger partial charge on any atom is 0.343 e. The molecule has 0 amide bonds. The minimum atomic E-state index is -2.08. The van der Waals surface area contributed by atoms with Crippen molar-refractivity contribution in [2.75, 3.05) is 7.11 Å². The lowest BCUT2D eigenvalue weighted by molar-refractivity contribution is 0.0691. The molecule has 0 aromatic heterocycles. The van der Waals surface area contributed by atoms with Crippen LogP contribution in [-0.2, 0) is 0 Å². The van der Waals surface area contributed by atoms with E-state index < -0.39 is 14.3 Å². The Morgan fingerprint density at radius 1 is 1.21 bits per heavy atom.